The van der Waals surface area contributed by atoms with E-state index >= 15 is 0 Å². The molecular weight excluding hydrogens is 435 g/mol. The molecule has 1 N–H and O–H groups in total. The second-order valence-corrected chi connectivity index (χ2v) is 7.37. The summed E-state index contributed by atoms with van der Waals surface area (Å²) in [7, 11) is 0. The Balaban J connectivity index is 1.91. The predicted octanol–water partition coefficient (Wildman–Crippen LogP) is 3.56. The van der Waals surface area contributed by atoms with E-state index in [1.807, 2.05) is 4.90 Å². The number of carbonyl (C=O) groups is 1. The van der Waals surface area contributed by atoms with Gasteiger partial charge in [0.1, 0.15) is 29.6 Å². The summed E-state index contributed by atoms with van der Waals surface area (Å²) in [6, 6.07) is 5.66. The highest BCUT2D eigenvalue weighted by Crippen LogP contribution is 2.24. The van der Waals surface area contributed by atoms with Crippen LogP contribution in [0.1, 0.15) is 23.2 Å². The van der Waals surface area contributed by atoms with Crippen LogP contribution in [0.2, 0.25) is 0 Å². The number of carbonyl (C=O) groups excluding carboxylic acids is 1. The Kier molecular flexibility index (Phi) is 5.57. The molecule has 0 saturated carbocycles. The van der Waals surface area contributed by atoms with E-state index in [1.165, 1.54) is 6.07 Å². The largest absolute Gasteiger partial charge is 0.405 e. The highest BCUT2D eigenvalue weighted by molar-refractivity contribution is 5.97. The fraction of sp³-hybridized carbons (Fsp3) is 0.286. The van der Waals surface area contributed by atoms with Crippen LogP contribution in [0.15, 0.2) is 41.3 Å². The molecule has 0 spiro atoms. The first-order valence-corrected chi connectivity index (χ1v) is 9.76. The van der Waals surface area contributed by atoms with Gasteiger partial charge in [-0.2, -0.15) is 13.2 Å². The van der Waals surface area contributed by atoms with Gasteiger partial charge in [-0.15, -0.1) is 0 Å². The van der Waals surface area contributed by atoms with Crippen LogP contribution in [-0.2, 0) is 0 Å². The van der Waals surface area contributed by atoms with E-state index in [0.29, 0.717) is 11.9 Å². The van der Waals surface area contributed by atoms with E-state index in [0.717, 1.165) is 48.8 Å². The predicted molar refractivity (Wildman–Crippen MR) is 107 cm³/mol. The van der Waals surface area contributed by atoms with Gasteiger partial charge in [0.2, 0.25) is 5.43 Å². The SMILES string of the molecule is O=C(NCC(F)(F)F)c1cn(-c2ccc(F)cc2F)c2nc(N3CCCC3)ccc2c1=O. The van der Waals surface area contributed by atoms with Gasteiger partial charge in [-0.1, -0.05) is 0 Å². The lowest BCUT2D eigenvalue weighted by atomic mass is 10.1. The summed E-state index contributed by atoms with van der Waals surface area (Å²) in [5, 5.41) is 1.56. The molecule has 1 saturated heterocycles. The Hall–Kier alpha value is -3.50. The quantitative estimate of drug-likeness (QED) is 0.615. The van der Waals surface area contributed by atoms with Gasteiger partial charge in [0.15, 0.2) is 5.65 Å². The number of nitrogens with one attached hydrogen (secondary N) is 1. The molecule has 1 amide bonds. The number of benzene rings is 1. The molecule has 0 atom stereocenters. The molecule has 11 heteroatoms. The standard InChI is InChI=1S/C21H17F5N4O2/c22-12-3-5-16(15(23)9-12)30-10-14(20(32)27-11-21(24,25)26)18(31)13-4-6-17(28-19(13)30)29-7-1-2-8-29/h3-6,9-10H,1-2,7-8,11H2,(H,27,32). The Morgan fingerprint density at radius 1 is 1.09 bits per heavy atom. The first kappa shape index (κ1) is 21.7. The summed E-state index contributed by atoms with van der Waals surface area (Å²) in [6.07, 6.45) is -1.84. The van der Waals surface area contributed by atoms with Crippen LogP contribution in [0, 0.1) is 11.6 Å². The average molecular weight is 452 g/mol. The normalized spacial score (nSPS) is 14.2. The molecule has 3 heterocycles. The highest BCUT2D eigenvalue weighted by Gasteiger charge is 2.29. The topological polar surface area (TPSA) is 67.2 Å². The zero-order chi connectivity index (χ0) is 23.0. The molecule has 1 aliphatic heterocycles. The zero-order valence-corrected chi connectivity index (χ0v) is 16.5. The molecule has 6 nitrogen and oxygen atoms in total. The van der Waals surface area contributed by atoms with E-state index < -0.39 is 41.3 Å². The number of pyridine rings is 2. The van der Waals surface area contributed by atoms with Gasteiger partial charge < -0.3 is 10.2 Å². The van der Waals surface area contributed by atoms with Crippen molar-refractivity contribution in [2.75, 3.05) is 24.5 Å². The summed E-state index contributed by atoms with van der Waals surface area (Å²) >= 11 is 0. The number of hydrogen-bond acceptors (Lipinski definition) is 4. The van der Waals surface area contributed by atoms with Crippen LogP contribution in [-0.4, -0.2) is 41.3 Å². The minimum atomic E-state index is -4.68. The fourth-order valence-electron chi connectivity index (χ4n) is 3.61. The van der Waals surface area contributed by atoms with Crippen LogP contribution in [0.4, 0.5) is 27.8 Å². The number of hydrogen-bond donors (Lipinski definition) is 1. The van der Waals surface area contributed by atoms with Crippen LogP contribution in [0.25, 0.3) is 16.7 Å². The van der Waals surface area contributed by atoms with Gasteiger partial charge in [0, 0.05) is 25.4 Å². The van der Waals surface area contributed by atoms with E-state index in [9.17, 15) is 31.5 Å². The number of halogens is 5. The van der Waals surface area contributed by atoms with Crippen molar-refractivity contribution >= 4 is 22.8 Å². The minimum absolute atomic E-state index is 0.00252. The third kappa shape index (κ3) is 4.27. The van der Waals surface area contributed by atoms with Gasteiger partial charge in [0.25, 0.3) is 5.91 Å². The third-order valence-corrected chi connectivity index (χ3v) is 5.13. The maximum atomic E-state index is 14.6. The first-order valence-electron chi connectivity index (χ1n) is 9.76. The summed E-state index contributed by atoms with van der Waals surface area (Å²) in [5.41, 5.74) is -1.69. The summed E-state index contributed by atoms with van der Waals surface area (Å²) in [5.74, 6) is -2.58. The number of alkyl halides is 3. The van der Waals surface area contributed by atoms with Crippen molar-refractivity contribution < 1.29 is 26.7 Å². The van der Waals surface area contributed by atoms with E-state index in [1.54, 1.807) is 11.4 Å². The van der Waals surface area contributed by atoms with Crippen LogP contribution in [0.3, 0.4) is 0 Å². The fourth-order valence-corrected chi connectivity index (χ4v) is 3.61. The number of rotatable bonds is 4. The molecule has 1 fully saturated rings. The van der Waals surface area contributed by atoms with E-state index in [2.05, 4.69) is 4.98 Å². The summed E-state index contributed by atoms with van der Waals surface area (Å²) in [4.78, 5) is 31.7. The molecule has 0 bridgehead atoms. The van der Waals surface area contributed by atoms with Crippen LogP contribution < -0.4 is 15.6 Å². The van der Waals surface area contributed by atoms with Crippen molar-refractivity contribution in [3.8, 4) is 5.69 Å². The van der Waals surface area contributed by atoms with Gasteiger partial charge in [-0.05, 0) is 37.1 Å². The molecule has 32 heavy (non-hydrogen) atoms. The van der Waals surface area contributed by atoms with Gasteiger partial charge in [-0.25, -0.2) is 13.8 Å². The smallest absolute Gasteiger partial charge is 0.357 e. The summed E-state index contributed by atoms with van der Waals surface area (Å²) < 4.78 is 66.6. The minimum Gasteiger partial charge on any atom is -0.357 e. The number of anilines is 1. The second-order valence-electron chi connectivity index (χ2n) is 7.37. The van der Waals surface area contributed by atoms with Crippen molar-refractivity contribution in [1.29, 1.82) is 0 Å². The van der Waals surface area contributed by atoms with Crippen molar-refractivity contribution in [2.24, 2.45) is 0 Å². The lowest BCUT2D eigenvalue weighted by Crippen LogP contribution is -2.36. The molecule has 0 radical (unpaired) electrons. The molecule has 4 rings (SSSR count). The average Bonchev–Trinajstić information content (AvgIpc) is 3.27. The molecule has 0 aliphatic carbocycles. The zero-order valence-electron chi connectivity index (χ0n) is 16.5. The van der Waals surface area contributed by atoms with Gasteiger partial charge in [-0.3, -0.25) is 14.2 Å². The Labute approximate surface area is 178 Å². The van der Waals surface area contributed by atoms with Crippen molar-refractivity contribution in [2.45, 2.75) is 19.0 Å². The maximum Gasteiger partial charge on any atom is 0.405 e. The monoisotopic (exact) mass is 452 g/mol. The Morgan fingerprint density at radius 2 is 1.81 bits per heavy atom. The van der Waals surface area contributed by atoms with Crippen molar-refractivity contribution in [3.05, 3.63) is 63.9 Å². The first-order chi connectivity index (χ1) is 15.1. The lowest BCUT2D eigenvalue weighted by molar-refractivity contribution is -0.123. The van der Waals surface area contributed by atoms with E-state index in [4.69, 9.17) is 0 Å². The Morgan fingerprint density at radius 3 is 2.47 bits per heavy atom. The maximum absolute atomic E-state index is 14.6. The van der Waals surface area contributed by atoms with Crippen molar-refractivity contribution in [3.63, 3.8) is 0 Å². The lowest BCUT2D eigenvalue weighted by Gasteiger charge is -2.19. The second kappa shape index (κ2) is 8.21. The van der Waals surface area contributed by atoms with Gasteiger partial charge >= 0.3 is 6.18 Å². The molecule has 3 aromatic rings. The summed E-state index contributed by atoms with van der Waals surface area (Å²) in [6.45, 7) is -0.155. The van der Waals surface area contributed by atoms with Crippen LogP contribution in [0.5, 0.6) is 0 Å². The molecule has 0 unspecified atom stereocenters. The molecule has 2 aromatic heterocycles. The molecular formula is C21H17F5N4O2. The molecule has 1 aromatic carbocycles. The Bertz CT molecular complexity index is 1250. The number of fused-ring (bicyclic) bond motifs is 1. The number of amides is 1. The van der Waals surface area contributed by atoms with Crippen molar-refractivity contribution in [1.82, 2.24) is 14.9 Å². The molecule has 1 aliphatic rings. The highest BCUT2D eigenvalue weighted by atomic mass is 19.4. The number of nitrogens with zero attached hydrogens (tertiary/aromatic N) is 3. The van der Waals surface area contributed by atoms with Crippen LogP contribution >= 0.6 is 0 Å². The third-order valence-electron chi connectivity index (χ3n) is 5.13. The van der Waals surface area contributed by atoms with E-state index in [-0.39, 0.29) is 16.7 Å². The number of aromatic nitrogens is 2. The molecule has 168 valence electrons. The van der Waals surface area contributed by atoms with Gasteiger partial charge in [0.05, 0.1) is 11.1 Å².